The zero-order valence-electron chi connectivity index (χ0n) is 7.49. The van der Waals surface area contributed by atoms with Crippen molar-refractivity contribution in [2.75, 3.05) is 20.1 Å². The third-order valence-electron chi connectivity index (χ3n) is 1.57. The number of hydrogen-bond donors (Lipinski definition) is 1. The lowest BCUT2D eigenvalue weighted by Gasteiger charge is -2.06. The lowest BCUT2D eigenvalue weighted by molar-refractivity contribution is -0.0655. The standard InChI is InChI=1S/C8H16N2O2/c1-10(12)7-5-3-2-4-6-9-8-11/h12H,2-7H2,1H3. The molecule has 0 atom stereocenters. The molecule has 0 saturated carbocycles. The van der Waals surface area contributed by atoms with Gasteiger partial charge in [0.05, 0.1) is 6.54 Å². The van der Waals surface area contributed by atoms with Crippen LogP contribution < -0.4 is 0 Å². The van der Waals surface area contributed by atoms with E-state index in [-0.39, 0.29) is 0 Å². The van der Waals surface area contributed by atoms with E-state index in [1.165, 1.54) is 11.1 Å². The number of isocyanates is 1. The molecule has 0 rings (SSSR count). The molecule has 0 aliphatic heterocycles. The molecule has 0 aliphatic rings. The van der Waals surface area contributed by atoms with E-state index in [9.17, 15) is 4.79 Å². The van der Waals surface area contributed by atoms with Crippen LogP contribution in [0.1, 0.15) is 25.7 Å². The summed E-state index contributed by atoms with van der Waals surface area (Å²) in [6, 6.07) is 0. The van der Waals surface area contributed by atoms with Crippen molar-refractivity contribution >= 4 is 6.08 Å². The van der Waals surface area contributed by atoms with Gasteiger partial charge in [0.1, 0.15) is 0 Å². The Labute approximate surface area is 72.9 Å². The van der Waals surface area contributed by atoms with Gasteiger partial charge < -0.3 is 5.21 Å². The lowest BCUT2D eigenvalue weighted by atomic mass is 10.2. The van der Waals surface area contributed by atoms with E-state index < -0.39 is 0 Å². The molecule has 4 nitrogen and oxygen atoms in total. The monoisotopic (exact) mass is 172 g/mol. The second-order valence-corrected chi connectivity index (χ2v) is 2.77. The van der Waals surface area contributed by atoms with Crippen molar-refractivity contribution in [3.63, 3.8) is 0 Å². The summed E-state index contributed by atoms with van der Waals surface area (Å²) in [5, 5.41) is 9.94. The second-order valence-electron chi connectivity index (χ2n) is 2.77. The number of hydrogen-bond acceptors (Lipinski definition) is 4. The molecule has 0 aromatic carbocycles. The fourth-order valence-electron chi connectivity index (χ4n) is 0.931. The van der Waals surface area contributed by atoms with Crippen LogP contribution in [0.25, 0.3) is 0 Å². The molecule has 12 heavy (non-hydrogen) atoms. The number of rotatable bonds is 7. The third-order valence-corrected chi connectivity index (χ3v) is 1.57. The Hall–Kier alpha value is -0.700. The molecule has 0 aromatic heterocycles. The van der Waals surface area contributed by atoms with E-state index in [1.54, 1.807) is 7.05 Å². The van der Waals surface area contributed by atoms with Gasteiger partial charge >= 0.3 is 0 Å². The van der Waals surface area contributed by atoms with Crippen molar-refractivity contribution in [2.45, 2.75) is 25.7 Å². The number of hydroxylamine groups is 2. The van der Waals surface area contributed by atoms with Gasteiger partial charge in [0, 0.05) is 13.6 Å². The van der Waals surface area contributed by atoms with Gasteiger partial charge in [-0.1, -0.05) is 12.8 Å². The Bertz CT molecular complexity index is 142. The van der Waals surface area contributed by atoms with Crippen LogP contribution in [0.3, 0.4) is 0 Å². The van der Waals surface area contributed by atoms with Crippen molar-refractivity contribution in [3.05, 3.63) is 0 Å². The average Bonchev–Trinajstić information content (AvgIpc) is 2.02. The Morgan fingerprint density at radius 1 is 1.33 bits per heavy atom. The highest BCUT2D eigenvalue weighted by Crippen LogP contribution is 1.99. The lowest BCUT2D eigenvalue weighted by Crippen LogP contribution is -2.13. The maximum atomic E-state index is 9.65. The minimum absolute atomic E-state index is 0.582. The Morgan fingerprint density at radius 2 is 2.00 bits per heavy atom. The minimum atomic E-state index is 0.582. The van der Waals surface area contributed by atoms with Crippen LogP contribution in [-0.2, 0) is 4.79 Å². The summed E-state index contributed by atoms with van der Waals surface area (Å²) >= 11 is 0. The van der Waals surface area contributed by atoms with E-state index in [2.05, 4.69) is 4.99 Å². The summed E-state index contributed by atoms with van der Waals surface area (Å²) < 4.78 is 0. The fraction of sp³-hybridized carbons (Fsp3) is 0.875. The molecule has 0 fully saturated rings. The first kappa shape index (κ1) is 11.3. The molecule has 0 bridgehead atoms. The Morgan fingerprint density at radius 3 is 2.58 bits per heavy atom. The van der Waals surface area contributed by atoms with Crippen molar-refractivity contribution in [1.82, 2.24) is 5.06 Å². The normalized spacial score (nSPS) is 9.92. The predicted octanol–water partition coefficient (Wildman–Crippen LogP) is 1.20. The van der Waals surface area contributed by atoms with Gasteiger partial charge in [-0.3, -0.25) is 0 Å². The molecule has 0 amide bonds. The van der Waals surface area contributed by atoms with Crippen LogP contribution >= 0.6 is 0 Å². The van der Waals surface area contributed by atoms with Crippen LogP contribution in [-0.4, -0.2) is 36.5 Å². The second kappa shape index (κ2) is 8.40. The molecule has 0 aromatic rings. The molecule has 0 spiro atoms. The van der Waals surface area contributed by atoms with Gasteiger partial charge in [-0.2, -0.15) is 5.06 Å². The molecular formula is C8H16N2O2. The van der Waals surface area contributed by atoms with Crippen LogP contribution in [0.4, 0.5) is 0 Å². The maximum Gasteiger partial charge on any atom is 0.234 e. The highest BCUT2D eigenvalue weighted by Gasteiger charge is 1.92. The molecule has 0 saturated heterocycles. The largest absolute Gasteiger partial charge is 0.314 e. The van der Waals surface area contributed by atoms with Gasteiger partial charge in [0.2, 0.25) is 6.08 Å². The van der Waals surface area contributed by atoms with Gasteiger partial charge in [-0.25, -0.2) is 9.79 Å². The summed E-state index contributed by atoms with van der Waals surface area (Å²) in [6.45, 7) is 1.29. The first-order valence-electron chi connectivity index (χ1n) is 4.21. The molecular weight excluding hydrogens is 156 g/mol. The molecule has 0 aliphatic carbocycles. The highest BCUT2D eigenvalue weighted by atomic mass is 16.5. The Kier molecular flexibility index (Phi) is 7.91. The van der Waals surface area contributed by atoms with Crippen molar-refractivity contribution in [2.24, 2.45) is 4.99 Å². The van der Waals surface area contributed by atoms with E-state index in [4.69, 9.17) is 5.21 Å². The van der Waals surface area contributed by atoms with E-state index >= 15 is 0 Å². The van der Waals surface area contributed by atoms with E-state index in [1.807, 2.05) is 0 Å². The molecule has 0 unspecified atom stereocenters. The summed E-state index contributed by atoms with van der Waals surface area (Å²) in [5.41, 5.74) is 0. The highest BCUT2D eigenvalue weighted by molar-refractivity contribution is 5.32. The zero-order valence-corrected chi connectivity index (χ0v) is 7.49. The van der Waals surface area contributed by atoms with Gasteiger partial charge in [-0.05, 0) is 12.8 Å². The van der Waals surface area contributed by atoms with Gasteiger partial charge in [-0.15, -0.1) is 0 Å². The Balaban J connectivity index is 2.95. The average molecular weight is 172 g/mol. The SMILES string of the molecule is CN(O)CCCCCCN=C=O. The number of nitrogens with zero attached hydrogens (tertiary/aromatic N) is 2. The number of carbonyl (C=O) groups excluding carboxylic acids is 1. The fourth-order valence-corrected chi connectivity index (χ4v) is 0.931. The summed E-state index contributed by atoms with van der Waals surface area (Å²) in [7, 11) is 1.64. The summed E-state index contributed by atoms with van der Waals surface area (Å²) in [4.78, 5) is 13.1. The van der Waals surface area contributed by atoms with Gasteiger partial charge in [0.25, 0.3) is 0 Å². The van der Waals surface area contributed by atoms with Crippen molar-refractivity contribution in [3.8, 4) is 0 Å². The molecule has 70 valence electrons. The third kappa shape index (κ3) is 9.30. The molecule has 4 heteroatoms. The summed E-state index contributed by atoms with van der Waals surface area (Å²) in [5.74, 6) is 0. The molecule has 0 heterocycles. The first-order valence-corrected chi connectivity index (χ1v) is 4.21. The van der Waals surface area contributed by atoms with E-state index in [0.717, 1.165) is 25.7 Å². The van der Waals surface area contributed by atoms with Crippen molar-refractivity contribution in [1.29, 1.82) is 0 Å². The molecule has 1 N–H and O–H groups in total. The van der Waals surface area contributed by atoms with Crippen molar-refractivity contribution < 1.29 is 10.0 Å². The number of unbranched alkanes of at least 4 members (excludes halogenated alkanes) is 3. The van der Waals surface area contributed by atoms with Crippen LogP contribution in [0.5, 0.6) is 0 Å². The van der Waals surface area contributed by atoms with Crippen LogP contribution in [0.2, 0.25) is 0 Å². The smallest absolute Gasteiger partial charge is 0.234 e. The van der Waals surface area contributed by atoms with Crippen LogP contribution in [0, 0.1) is 0 Å². The number of aliphatic imine (C=N–C) groups is 1. The first-order chi connectivity index (χ1) is 5.77. The zero-order chi connectivity index (χ0) is 9.23. The minimum Gasteiger partial charge on any atom is -0.314 e. The van der Waals surface area contributed by atoms with E-state index in [0.29, 0.717) is 13.1 Å². The molecule has 0 radical (unpaired) electrons. The van der Waals surface area contributed by atoms with Crippen LogP contribution in [0.15, 0.2) is 4.99 Å². The predicted molar refractivity (Wildman–Crippen MR) is 45.9 cm³/mol. The summed E-state index contributed by atoms with van der Waals surface area (Å²) in [6.07, 6.45) is 5.55. The quantitative estimate of drug-likeness (QED) is 0.272. The topological polar surface area (TPSA) is 52.9 Å². The van der Waals surface area contributed by atoms with Gasteiger partial charge in [0.15, 0.2) is 0 Å². The maximum absolute atomic E-state index is 9.65.